The number of nitrogens with zero attached hydrogens (tertiary/aromatic N) is 1. The van der Waals surface area contributed by atoms with Crippen molar-refractivity contribution in [3.8, 4) is 0 Å². The van der Waals surface area contributed by atoms with Crippen LogP contribution in [0.5, 0.6) is 0 Å². The van der Waals surface area contributed by atoms with Crippen molar-refractivity contribution in [2.24, 2.45) is 17.3 Å². The third kappa shape index (κ3) is 3.37. The summed E-state index contributed by atoms with van der Waals surface area (Å²) < 4.78 is 0. The summed E-state index contributed by atoms with van der Waals surface area (Å²) in [6.07, 6.45) is 6.22. The molecule has 21 heavy (non-hydrogen) atoms. The maximum atomic E-state index is 6.36. The first kappa shape index (κ1) is 17.0. The van der Waals surface area contributed by atoms with Crippen molar-refractivity contribution in [3.05, 3.63) is 11.6 Å². The van der Waals surface area contributed by atoms with E-state index in [9.17, 15) is 0 Å². The quantitative estimate of drug-likeness (QED) is 0.663. The Morgan fingerprint density at radius 1 is 1.24 bits per heavy atom. The molecule has 1 aliphatic heterocycles. The van der Waals surface area contributed by atoms with Gasteiger partial charge in [0.2, 0.25) is 0 Å². The van der Waals surface area contributed by atoms with Gasteiger partial charge in [-0.15, -0.1) is 0 Å². The van der Waals surface area contributed by atoms with E-state index in [-0.39, 0.29) is 5.60 Å². The van der Waals surface area contributed by atoms with E-state index in [2.05, 4.69) is 66.5 Å². The topological polar surface area (TPSA) is 12.5 Å². The normalized spacial score (nSPS) is 39.4. The lowest BCUT2D eigenvalue weighted by molar-refractivity contribution is -0.215. The largest absolute Gasteiger partial charge is 0.292 e. The van der Waals surface area contributed by atoms with Crippen molar-refractivity contribution in [2.45, 2.75) is 92.3 Å². The molecule has 4 atom stereocenters. The predicted molar refractivity (Wildman–Crippen MR) is 90.0 cm³/mol. The first-order valence-electron chi connectivity index (χ1n) is 8.66. The standard InChI is InChI=1S/C19H35NO/c1-13(2)9-10-19(8)11-15(5)17-16(12-19)18(6,7)21-20(17)14(3)4/h9,14-17H,10-12H2,1-8H3/t15?,16?,17-,19?/m0/s1. The van der Waals surface area contributed by atoms with Gasteiger partial charge in [0.05, 0.1) is 5.60 Å². The minimum absolute atomic E-state index is 0.0319. The number of hydrogen-bond donors (Lipinski definition) is 0. The van der Waals surface area contributed by atoms with E-state index in [1.165, 1.54) is 24.8 Å². The Bertz CT molecular complexity index is 408. The molecule has 0 amide bonds. The zero-order valence-electron chi connectivity index (χ0n) is 15.4. The van der Waals surface area contributed by atoms with Gasteiger partial charge >= 0.3 is 0 Å². The van der Waals surface area contributed by atoms with E-state index in [4.69, 9.17) is 4.84 Å². The molecule has 0 radical (unpaired) electrons. The predicted octanol–water partition coefficient (Wildman–Crippen LogP) is 5.20. The summed E-state index contributed by atoms with van der Waals surface area (Å²) in [6, 6.07) is 1.05. The second-order valence-corrected chi connectivity index (χ2v) is 8.93. The molecule has 0 aromatic rings. The van der Waals surface area contributed by atoms with Crippen molar-refractivity contribution in [3.63, 3.8) is 0 Å². The highest BCUT2D eigenvalue weighted by molar-refractivity contribution is 5.06. The first-order valence-corrected chi connectivity index (χ1v) is 8.66. The van der Waals surface area contributed by atoms with Crippen LogP contribution in [-0.4, -0.2) is 22.7 Å². The maximum Gasteiger partial charge on any atom is 0.0888 e. The highest BCUT2D eigenvalue weighted by Gasteiger charge is 2.56. The van der Waals surface area contributed by atoms with Gasteiger partial charge in [-0.1, -0.05) is 25.5 Å². The Kier molecular flexibility index (Phi) is 4.62. The number of hydroxylamine groups is 2. The van der Waals surface area contributed by atoms with Crippen molar-refractivity contribution in [1.82, 2.24) is 5.06 Å². The van der Waals surface area contributed by atoms with Crippen LogP contribution >= 0.6 is 0 Å². The lowest BCUT2D eigenvalue weighted by Crippen LogP contribution is -2.48. The van der Waals surface area contributed by atoms with Gasteiger partial charge in [-0.2, -0.15) is 5.06 Å². The maximum absolute atomic E-state index is 6.36. The summed E-state index contributed by atoms with van der Waals surface area (Å²) in [6.45, 7) is 18.4. The van der Waals surface area contributed by atoms with Crippen LogP contribution in [-0.2, 0) is 4.84 Å². The van der Waals surface area contributed by atoms with Crippen LogP contribution in [0, 0.1) is 17.3 Å². The first-order chi connectivity index (χ1) is 9.56. The molecule has 1 saturated heterocycles. The Morgan fingerprint density at radius 2 is 1.86 bits per heavy atom. The van der Waals surface area contributed by atoms with Crippen LogP contribution in [0.25, 0.3) is 0 Å². The van der Waals surface area contributed by atoms with Crippen molar-refractivity contribution in [1.29, 1.82) is 0 Å². The zero-order chi connectivity index (χ0) is 16.0. The van der Waals surface area contributed by atoms with Crippen molar-refractivity contribution in [2.75, 3.05) is 0 Å². The average molecular weight is 293 g/mol. The summed E-state index contributed by atoms with van der Waals surface area (Å²) in [4.78, 5) is 6.36. The minimum atomic E-state index is -0.0319. The monoisotopic (exact) mass is 293 g/mol. The van der Waals surface area contributed by atoms with Crippen molar-refractivity contribution >= 4 is 0 Å². The van der Waals surface area contributed by atoms with Gasteiger partial charge < -0.3 is 0 Å². The van der Waals surface area contributed by atoms with Gasteiger partial charge in [0.15, 0.2) is 0 Å². The van der Waals surface area contributed by atoms with Crippen LogP contribution in [0.2, 0.25) is 0 Å². The van der Waals surface area contributed by atoms with Crippen LogP contribution in [0.1, 0.15) is 74.7 Å². The molecule has 0 aromatic carbocycles. The third-order valence-corrected chi connectivity index (χ3v) is 5.56. The number of hydrogen-bond acceptors (Lipinski definition) is 2. The van der Waals surface area contributed by atoms with Crippen LogP contribution in [0.15, 0.2) is 11.6 Å². The van der Waals surface area contributed by atoms with Crippen LogP contribution in [0.4, 0.5) is 0 Å². The zero-order valence-corrected chi connectivity index (χ0v) is 15.4. The molecular weight excluding hydrogens is 258 g/mol. The fourth-order valence-electron chi connectivity index (χ4n) is 4.58. The minimum Gasteiger partial charge on any atom is -0.292 e. The van der Waals surface area contributed by atoms with E-state index in [1.807, 2.05) is 0 Å². The van der Waals surface area contributed by atoms with Gasteiger partial charge in [-0.25, -0.2) is 0 Å². The Hall–Kier alpha value is -0.340. The Morgan fingerprint density at radius 3 is 2.38 bits per heavy atom. The van der Waals surface area contributed by atoms with Crippen LogP contribution < -0.4 is 0 Å². The number of allylic oxidation sites excluding steroid dienone is 2. The lowest BCUT2D eigenvalue weighted by atomic mass is 9.60. The molecule has 2 fully saturated rings. The summed E-state index contributed by atoms with van der Waals surface area (Å²) in [7, 11) is 0. The highest BCUT2D eigenvalue weighted by Crippen LogP contribution is 2.54. The third-order valence-electron chi connectivity index (χ3n) is 5.56. The molecular formula is C19H35NO. The summed E-state index contributed by atoms with van der Waals surface area (Å²) >= 11 is 0. The molecule has 0 N–H and O–H groups in total. The Labute approximate surface area is 131 Å². The molecule has 0 bridgehead atoms. The van der Waals surface area contributed by atoms with Crippen molar-refractivity contribution < 1.29 is 4.84 Å². The molecule has 0 aromatic heterocycles. The van der Waals surface area contributed by atoms with Crippen LogP contribution in [0.3, 0.4) is 0 Å². The van der Waals surface area contributed by atoms with Gasteiger partial charge in [-0.05, 0) is 72.1 Å². The summed E-state index contributed by atoms with van der Waals surface area (Å²) in [5.41, 5.74) is 1.83. The fraction of sp³-hybridized carbons (Fsp3) is 0.895. The van der Waals surface area contributed by atoms with E-state index in [0.717, 1.165) is 0 Å². The Balaban J connectivity index is 2.24. The van der Waals surface area contributed by atoms with Gasteiger partial charge in [0.25, 0.3) is 0 Å². The van der Waals surface area contributed by atoms with Gasteiger partial charge in [-0.3, -0.25) is 4.84 Å². The van der Waals surface area contributed by atoms with Gasteiger partial charge in [0, 0.05) is 18.0 Å². The van der Waals surface area contributed by atoms with E-state index in [0.29, 0.717) is 29.3 Å². The molecule has 122 valence electrons. The smallest absolute Gasteiger partial charge is 0.0888 e. The molecule has 3 unspecified atom stereocenters. The second-order valence-electron chi connectivity index (χ2n) is 8.93. The molecule has 1 heterocycles. The van der Waals surface area contributed by atoms with E-state index >= 15 is 0 Å². The summed E-state index contributed by atoms with van der Waals surface area (Å²) in [5.74, 6) is 1.34. The van der Waals surface area contributed by atoms with E-state index in [1.54, 1.807) is 0 Å². The molecule has 2 aliphatic rings. The molecule has 1 saturated carbocycles. The van der Waals surface area contributed by atoms with E-state index < -0.39 is 0 Å². The van der Waals surface area contributed by atoms with Gasteiger partial charge in [0.1, 0.15) is 0 Å². The fourth-order valence-corrected chi connectivity index (χ4v) is 4.58. The molecule has 2 nitrogen and oxygen atoms in total. The molecule has 2 heteroatoms. The molecule has 1 aliphatic carbocycles. The second kappa shape index (κ2) is 5.70. The lowest BCUT2D eigenvalue weighted by Gasteiger charge is -2.46. The molecule has 0 spiro atoms. The molecule has 2 rings (SSSR count). The number of fused-ring (bicyclic) bond motifs is 1. The number of rotatable bonds is 3. The SMILES string of the molecule is CC(C)=CCC1(C)CC(C)[C@H]2C(C1)C(C)(C)ON2C(C)C. The summed E-state index contributed by atoms with van der Waals surface area (Å²) in [5, 5.41) is 2.30. The average Bonchev–Trinajstić information content (AvgIpc) is 2.60. The highest BCUT2D eigenvalue weighted by atomic mass is 16.7.